The van der Waals surface area contributed by atoms with Crippen LogP contribution in [0.4, 0.5) is 0 Å². The fourth-order valence-electron chi connectivity index (χ4n) is 8.65. The molecule has 1 fully saturated rings. The second-order valence-electron chi connectivity index (χ2n) is 14.7. The number of rotatable bonds is 10. The van der Waals surface area contributed by atoms with Crippen molar-refractivity contribution in [2.75, 3.05) is 7.05 Å². The molecule has 3 aliphatic rings. The van der Waals surface area contributed by atoms with Gasteiger partial charge in [-0.2, -0.15) is 5.26 Å². The summed E-state index contributed by atoms with van der Waals surface area (Å²) >= 11 is 0. The molecule has 3 aliphatic carbocycles. The van der Waals surface area contributed by atoms with Gasteiger partial charge in [0.1, 0.15) is 11.9 Å². The quantitative estimate of drug-likeness (QED) is 0.157. The van der Waals surface area contributed by atoms with Crippen molar-refractivity contribution < 1.29 is 4.74 Å². The molecule has 52 heavy (non-hydrogen) atoms. The van der Waals surface area contributed by atoms with Gasteiger partial charge >= 0.3 is 0 Å². The van der Waals surface area contributed by atoms with Crippen LogP contribution in [-0.2, 0) is 11.8 Å². The highest BCUT2D eigenvalue weighted by atomic mass is 16.5. The average molecular weight is 675 g/mol. The molecular formula is C49H42N2O. The van der Waals surface area contributed by atoms with E-state index in [0.717, 1.165) is 16.9 Å². The second kappa shape index (κ2) is 13.5. The summed E-state index contributed by atoms with van der Waals surface area (Å²) < 4.78 is 6.55. The van der Waals surface area contributed by atoms with Crippen LogP contribution in [0.2, 0.25) is 0 Å². The van der Waals surface area contributed by atoms with Crippen molar-refractivity contribution in [1.82, 2.24) is 5.32 Å². The molecule has 1 N–H and O–H groups in total. The first-order chi connectivity index (χ1) is 25.6. The zero-order valence-corrected chi connectivity index (χ0v) is 29.6. The number of fused-ring (bicyclic) bond motifs is 1. The first kappa shape index (κ1) is 32.2. The van der Waals surface area contributed by atoms with Gasteiger partial charge in [0.15, 0.2) is 0 Å². The largest absolute Gasteiger partial charge is 0.481 e. The second-order valence-corrected chi connectivity index (χ2v) is 14.7. The molecule has 0 radical (unpaired) electrons. The Morgan fingerprint density at radius 1 is 0.635 bits per heavy atom. The minimum atomic E-state index is -0.130. The molecule has 6 aromatic rings. The van der Waals surface area contributed by atoms with Crippen LogP contribution in [0.1, 0.15) is 77.1 Å². The molecule has 2 atom stereocenters. The van der Waals surface area contributed by atoms with Gasteiger partial charge in [0.2, 0.25) is 0 Å². The third-order valence-corrected chi connectivity index (χ3v) is 11.6. The number of likely N-dealkylation sites (N-methyl/N-ethyl adjacent to an activating group) is 1. The van der Waals surface area contributed by atoms with E-state index in [-0.39, 0.29) is 17.6 Å². The average Bonchev–Trinajstić information content (AvgIpc) is 4.15. The van der Waals surface area contributed by atoms with E-state index in [9.17, 15) is 5.26 Å². The number of hydrogen-bond donors (Lipinski definition) is 1. The minimum absolute atomic E-state index is 0.0218. The topological polar surface area (TPSA) is 45.0 Å². The Bertz CT molecular complexity index is 2310. The van der Waals surface area contributed by atoms with Crippen molar-refractivity contribution in [3.05, 3.63) is 190 Å². The lowest BCUT2D eigenvalue weighted by Crippen LogP contribution is -2.30. The Balaban J connectivity index is 0.981. The number of hydrogen-bond acceptors (Lipinski definition) is 3. The summed E-state index contributed by atoms with van der Waals surface area (Å²) in [6.07, 6.45) is 7.45. The van der Waals surface area contributed by atoms with E-state index in [1.54, 1.807) is 5.56 Å². The fraction of sp³-hybridized carbons (Fsp3) is 0.204. The number of ether oxygens (including phenoxy) is 1. The van der Waals surface area contributed by atoms with Crippen molar-refractivity contribution >= 4 is 5.57 Å². The molecule has 9 rings (SSSR count). The lowest BCUT2D eigenvalue weighted by atomic mass is 9.65. The molecule has 3 heteroatoms. The number of para-hydroxylation sites is 1. The van der Waals surface area contributed by atoms with Gasteiger partial charge in [-0.15, -0.1) is 0 Å². The van der Waals surface area contributed by atoms with Gasteiger partial charge in [-0.1, -0.05) is 135 Å². The normalized spacial score (nSPS) is 17.5. The first-order valence-electron chi connectivity index (χ1n) is 18.7. The van der Waals surface area contributed by atoms with E-state index >= 15 is 0 Å². The summed E-state index contributed by atoms with van der Waals surface area (Å²) in [5.74, 6) is 0.850. The van der Waals surface area contributed by atoms with Crippen molar-refractivity contribution in [1.29, 1.82) is 5.26 Å². The Hall–Kier alpha value is -5.69. The molecule has 2 unspecified atom stereocenters. The number of nitriles is 1. The van der Waals surface area contributed by atoms with E-state index in [4.69, 9.17) is 4.74 Å². The van der Waals surface area contributed by atoms with Crippen LogP contribution in [0.3, 0.4) is 0 Å². The van der Waals surface area contributed by atoms with Gasteiger partial charge in [0, 0.05) is 16.6 Å². The Morgan fingerprint density at radius 3 is 1.94 bits per heavy atom. The summed E-state index contributed by atoms with van der Waals surface area (Å²) in [6.45, 7) is 0. The van der Waals surface area contributed by atoms with E-state index in [1.165, 1.54) is 88.6 Å². The molecular weight excluding hydrogens is 633 g/mol. The third kappa shape index (κ3) is 6.04. The summed E-state index contributed by atoms with van der Waals surface area (Å²) in [7, 11) is 1.98. The van der Waals surface area contributed by atoms with Crippen molar-refractivity contribution in [3.8, 4) is 34.1 Å². The molecule has 3 nitrogen and oxygen atoms in total. The van der Waals surface area contributed by atoms with Crippen LogP contribution < -0.4 is 10.1 Å². The van der Waals surface area contributed by atoms with Gasteiger partial charge in [0.05, 0.1) is 17.7 Å². The van der Waals surface area contributed by atoms with Gasteiger partial charge in [0.25, 0.3) is 0 Å². The first-order valence-corrected chi connectivity index (χ1v) is 18.7. The highest BCUT2D eigenvalue weighted by Crippen LogP contribution is 2.50. The van der Waals surface area contributed by atoms with Crippen molar-refractivity contribution in [3.63, 3.8) is 0 Å². The molecule has 0 saturated heterocycles. The maximum atomic E-state index is 9.33. The third-order valence-electron chi connectivity index (χ3n) is 11.6. The van der Waals surface area contributed by atoms with Gasteiger partial charge < -0.3 is 10.1 Å². The van der Waals surface area contributed by atoms with E-state index < -0.39 is 0 Å². The molecule has 0 amide bonds. The Labute approximate surface area is 307 Å². The summed E-state index contributed by atoms with van der Waals surface area (Å²) in [4.78, 5) is 0. The van der Waals surface area contributed by atoms with Crippen LogP contribution in [0.15, 0.2) is 151 Å². The monoisotopic (exact) mass is 674 g/mol. The standard InChI is InChI=1S/C49H42N2O/c1-51-47(37-15-13-33(32-50)14-16-37)46-45(48(46)52-44-11-4-2-5-12-44)36-19-17-34(18-20-36)38-9-8-10-39(29-38)35-21-24-42(25-22-35)49(27-6-3-7-28-49)43-26-23-40-30-41(40)31-43/h2,4-5,8-26,29,31,47-48,51H,3,6-7,27-28,30H2,1H3. The lowest BCUT2D eigenvalue weighted by molar-refractivity contribution is 0.315. The Kier molecular flexibility index (Phi) is 8.34. The van der Waals surface area contributed by atoms with E-state index in [2.05, 4.69) is 102 Å². The van der Waals surface area contributed by atoms with Crippen LogP contribution >= 0.6 is 0 Å². The predicted octanol–water partition coefficient (Wildman–Crippen LogP) is 11.2. The van der Waals surface area contributed by atoms with Crippen molar-refractivity contribution in [2.45, 2.75) is 56.1 Å². The summed E-state index contributed by atoms with van der Waals surface area (Å²) in [6, 6.07) is 54.7. The zero-order valence-electron chi connectivity index (χ0n) is 29.6. The number of nitrogens with zero attached hydrogens (tertiary/aromatic N) is 1. The van der Waals surface area contributed by atoms with Crippen molar-refractivity contribution in [2.24, 2.45) is 0 Å². The predicted molar refractivity (Wildman–Crippen MR) is 211 cm³/mol. The molecule has 0 aromatic heterocycles. The number of benzene rings is 6. The summed E-state index contributed by atoms with van der Waals surface area (Å²) in [5.41, 5.74) is 16.4. The summed E-state index contributed by atoms with van der Waals surface area (Å²) in [5, 5.41) is 12.8. The highest BCUT2D eigenvalue weighted by Gasteiger charge is 2.44. The smallest absolute Gasteiger partial charge is 0.148 e. The minimum Gasteiger partial charge on any atom is -0.481 e. The molecule has 254 valence electrons. The molecule has 0 spiro atoms. The van der Waals surface area contributed by atoms with Gasteiger partial charge in [-0.25, -0.2) is 0 Å². The highest BCUT2D eigenvalue weighted by molar-refractivity contribution is 5.90. The van der Waals surface area contributed by atoms with Crippen LogP contribution in [0.25, 0.3) is 27.8 Å². The maximum Gasteiger partial charge on any atom is 0.148 e. The van der Waals surface area contributed by atoms with Crippen LogP contribution in [-0.4, -0.2) is 13.2 Å². The van der Waals surface area contributed by atoms with Crippen LogP contribution in [0, 0.1) is 11.3 Å². The maximum absolute atomic E-state index is 9.33. The van der Waals surface area contributed by atoms with Crippen LogP contribution in [0.5, 0.6) is 5.75 Å². The fourth-order valence-corrected chi connectivity index (χ4v) is 8.65. The molecule has 1 saturated carbocycles. The van der Waals surface area contributed by atoms with Gasteiger partial charge in [-0.3, -0.25) is 0 Å². The molecule has 0 heterocycles. The van der Waals surface area contributed by atoms with E-state index in [1.807, 2.05) is 61.6 Å². The molecule has 0 bridgehead atoms. The lowest BCUT2D eigenvalue weighted by Gasteiger charge is -2.38. The van der Waals surface area contributed by atoms with E-state index in [0.29, 0.717) is 5.56 Å². The zero-order chi connectivity index (χ0) is 35.1. The number of nitrogens with one attached hydrogen (secondary N) is 1. The SMILES string of the molecule is CNC(C1=C(c2ccc(-c3cccc(-c4ccc(C5(c6ccc7c(c6)C7)CCCCC5)cc4)c3)cc2)C1Oc1ccccc1)c1ccc(C#N)cc1. The van der Waals surface area contributed by atoms with Gasteiger partial charge in [-0.05, 0) is 112 Å². The Morgan fingerprint density at radius 2 is 1.29 bits per heavy atom. The molecule has 0 aliphatic heterocycles. The molecule has 6 aromatic carbocycles.